The number of benzene rings is 3. The van der Waals surface area contributed by atoms with Crippen molar-refractivity contribution < 1.29 is 18.6 Å². The van der Waals surface area contributed by atoms with Crippen LogP contribution in [0.3, 0.4) is 0 Å². The van der Waals surface area contributed by atoms with Crippen molar-refractivity contribution in [3.05, 3.63) is 88.5 Å². The fourth-order valence-electron chi connectivity index (χ4n) is 4.28. The maximum absolute atomic E-state index is 14.9. The zero-order chi connectivity index (χ0) is 24.6. The van der Waals surface area contributed by atoms with Crippen LogP contribution in [0.5, 0.6) is 5.75 Å². The van der Waals surface area contributed by atoms with Gasteiger partial charge in [0.2, 0.25) is 0 Å². The van der Waals surface area contributed by atoms with E-state index in [1.165, 1.54) is 23.3 Å². The van der Waals surface area contributed by atoms with Gasteiger partial charge in [0.25, 0.3) is 0 Å². The molecule has 0 amide bonds. The van der Waals surface area contributed by atoms with E-state index >= 15 is 0 Å². The highest BCUT2D eigenvalue weighted by atomic mass is 19.3. The van der Waals surface area contributed by atoms with E-state index in [2.05, 4.69) is 32.0 Å². The molecule has 0 aromatic heterocycles. The maximum atomic E-state index is 14.9. The van der Waals surface area contributed by atoms with Gasteiger partial charge in [0, 0.05) is 6.61 Å². The fourth-order valence-corrected chi connectivity index (χ4v) is 4.28. The number of hydrogen-bond acceptors (Lipinski definition) is 2. The van der Waals surface area contributed by atoms with E-state index in [1.807, 2.05) is 13.0 Å². The molecule has 0 aliphatic rings. The zero-order valence-corrected chi connectivity index (χ0v) is 20.5. The van der Waals surface area contributed by atoms with Crippen LogP contribution in [-0.2, 0) is 31.8 Å². The third-order valence-electron chi connectivity index (χ3n) is 6.28. The normalized spacial score (nSPS) is 11.6. The lowest BCUT2D eigenvalue weighted by molar-refractivity contribution is -0.185. The molecular weight excluding hydrogens is 430 g/mol. The number of alkyl halides is 2. The fraction of sp³-hybridized carbons (Fsp3) is 0.400. The molecule has 0 saturated carbocycles. The van der Waals surface area contributed by atoms with Gasteiger partial charge in [0.15, 0.2) is 0 Å². The molecule has 1 N–H and O–H groups in total. The van der Waals surface area contributed by atoms with E-state index in [-0.39, 0.29) is 17.9 Å². The van der Waals surface area contributed by atoms with Crippen molar-refractivity contribution in [3.8, 4) is 16.9 Å². The van der Waals surface area contributed by atoms with Gasteiger partial charge >= 0.3 is 6.11 Å². The van der Waals surface area contributed by atoms with Crippen molar-refractivity contribution in [2.75, 3.05) is 6.61 Å². The Morgan fingerprint density at radius 1 is 0.735 bits per heavy atom. The second kappa shape index (κ2) is 12.1. The average Bonchev–Trinajstić information content (AvgIpc) is 2.86. The van der Waals surface area contributed by atoms with E-state index in [0.29, 0.717) is 6.42 Å². The summed E-state index contributed by atoms with van der Waals surface area (Å²) in [4.78, 5) is 0. The molecule has 0 heterocycles. The molecule has 0 aliphatic carbocycles. The quantitative estimate of drug-likeness (QED) is 0.294. The molecule has 0 fully saturated rings. The van der Waals surface area contributed by atoms with E-state index in [9.17, 15) is 8.78 Å². The van der Waals surface area contributed by atoms with Gasteiger partial charge in [-0.25, -0.2) is 0 Å². The number of aliphatic hydroxyl groups excluding tert-OH is 1. The minimum atomic E-state index is -3.40. The Kier molecular flexibility index (Phi) is 9.23. The van der Waals surface area contributed by atoms with Gasteiger partial charge in [-0.3, -0.25) is 0 Å². The van der Waals surface area contributed by atoms with E-state index in [1.54, 1.807) is 24.3 Å². The highest BCUT2D eigenvalue weighted by molar-refractivity contribution is 5.72. The summed E-state index contributed by atoms with van der Waals surface area (Å²) in [5.41, 5.74) is 6.48. The van der Waals surface area contributed by atoms with Gasteiger partial charge in [0.05, 0.1) is 5.56 Å². The minimum Gasteiger partial charge on any atom is -0.429 e. The van der Waals surface area contributed by atoms with Crippen LogP contribution in [0.15, 0.2) is 60.7 Å². The summed E-state index contributed by atoms with van der Waals surface area (Å²) in [7, 11) is 0. The number of hydrogen-bond donors (Lipinski definition) is 1. The van der Waals surface area contributed by atoms with Crippen molar-refractivity contribution in [2.24, 2.45) is 0 Å². The van der Waals surface area contributed by atoms with Crippen molar-refractivity contribution in [3.63, 3.8) is 0 Å². The molecule has 0 saturated heterocycles. The van der Waals surface area contributed by atoms with Crippen LogP contribution < -0.4 is 4.74 Å². The summed E-state index contributed by atoms with van der Waals surface area (Å²) in [6.07, 6.45) is 2.77. The molecule has 0 spiro atoms. The Hall–Kier alpha value is -2.72. The van der Waals surface area contributed by atoms with Crippen LogP contribution in [0.2, 0.25) is 0 Å². The van der Waals surface area contributed by atoms with Crippen LogP contribution in [0.4, 0.5) is 8.78 Å². The van der Waals surface area contributed by atoms with E-state index < -0.39 is 6.11 Å². The number of ether oxygens (including phenoxy) is 1. The third-order valence-corrected chi connectivity index (χ3v) is 6.28. The molecule has 0 aliphatic heterocycles. The average molecular weight is 467 g/mol. The monoisotopic (exact) mass is 466 g/mol. The minimum absolute atomic E-state index is 0.137. The van der Waals surface area contributed by atoms with Crippen molar-refractivity contribution in [2.45, 2.75) is 71.8 Å². The molecule has 4 heteroatoms. The van der Waals surface area contributed by atoms with Gasteiger partial charge in [0.1, 0.15) is 5.75 Å². The first-order valence-corrected chi connectivity index (χ1v) is 12.4. The van der Waals surface area contributed by atoms with Crippen LogP contribution in [0.25, 0.3) is 11.1 Å². The third kappa shape index (κ3) is 6.44. The first-order valence-electron chi connectivity index (χ1n) is 12.4. The molecule has 0 unspecified atom stereocenters. The second-order valence-corrected chi connectivity index (χ2v) is 8.76. The summed E-state index contributed by atoms with van der Waals surface area (Å²) in [5, 5.41) is 9.11. The molecular formula is C30H36F2O2. The molecule has 182 valence electrons. The summed E-state index contributed by atoms with van der Waals surface area (Å²) < 4.78 is 35.0. The molecule has 0 atom stereocenters. The Labute approximate surface area is 202 Å². The molecule has 3 rings (SSSR count). The topological polar surface area (TPSA) is 29.5 Å². The van der Waals surface area contributed by atoms with Gasteiger partial charge in [-0.05, 0) is 96.2 Å². The molecule has 0 radical (unpaired) electrons. The van der Waals surface area contributed by atoms with Gasteiger partial charge in [-0.2, -0.15) is 8.78 Å². The van der Waals surface area contributed by atoms with E-state index in [4.69, 9.17) is 9.84 Å². The largest absolute Gasteiger partial charge is 0.429 e. The Balaban J connectivity index is 1.83. The highest BCUT2D eigenvalue weighted by Crippen LogP contribution is 2.36. The summed E-state index contributed by atoms with van der Waals surface area (Å²) >= 11 is 0. The molecule has 3 aromatic carbocycles. The van der Waals surface area contributed by atoms with Gasteiger partial charge < -0.3 is 9.84 Å². The van der Waals surface area contributed by atoms with Crippen molar-refractivity contribution >= 4 is 0 Å². The highest BCUT2D eigenvalue weighted by Gasteiger charge is 2.34. The number of aryl methyl sites for hydroxylation is 4. The lowest BCUT2D eigenvalue weighted by Crippen LogP contribution is -2.22. The van der Waals surface area contributed by atoms with Crippen molar-refractivity contribution in [1.29, 1.82) is 0 Å². The standard InChI is InChI=1S/C30H36F2O2/c1-4-7-9-22-11-14-26(15-12-22)30(31,32)34-27-16-18-29(25(6-3)21-27)28-17-13-23(10-8-19-33)20-24(28)5-2/h11-18,20-21,33H,4-10,19H2,1-3H3. The number of aliphatic hydroxyl groups is 1. The molecule has 2 nitrogen and oxygen atoms in total. The summed E-state index contributed by atoms with van der Waals surface area (Å²) in [5.74, 6) is 0.165. The predicted octanol–water partition coefficient (Wildman–Crippen LogP) is 7.87. The zero-order valence-electron chi connectivity index (χ0n) is 20.5. The lowest BCUT2D eigenvalue weighted by atomic mass is 9.91. The second-order valence-electron chi connectivity index (χ2n) is 8.76. The molecule has 0 bridgehead atoms. The van der Waals surface area contributed by atoms with E-state index in [0.717, 1.165) is 60.8 Å². The Bertz CT molecular complexity index is 1060. The first-order chi connectivity index (χ1) is 16.4. The lowest BCUT2D eigenvalue weighted by Gasteiger charge is -2.20. The first kappa shape index (κ1) is 25.9. The van der Waals surface area contributed by atoms with Crippen molar-refractivity contribution in [1.82, 2.24) is 0 Å². The Morgan fingerprint density at radius 3 is 1.94 bits per heavy atom. The molecule has 34 heavy (non-hydrogen) atoms. The summed E-state index contributed by atoms with van der Waals surface area (Å²) in [6, 6.07) is 18.1. The SMILES string of the molecule is CCCCc1ccc(C(F)(F)Oc2ccc(-c3ccc(CCCO)cc3CC)c(CC)c2)cc1. The summed E-state index contributed by atoms with van der Waals surface area (Å²) in [6.45, 7) is 6.44. The van der Waals surface area contributed by atoms with Crippen LogP contribution >= 0.6 is 0 Å². The van der Waals surface area contributed by atoms with Crippen LogP contribution in [0, 0.1) is 0 Å². The van der Waals surface area contributed by atoms with Crippen LogP contribution in [-0.4, -0.2) is 11.7 Å². The van der Waals surface area contributed by atoms with Gasteiger partial charge in [-0.1, -0.05) is 63.6 Å². The number of halogens is 2. The predicted molar refractivity (Wildman–Crippen MR) is 136 cm³/mol. The maximum Gasteiger partial charge on any atom is 0.426 e. The Morgan fingerprint density at radius 2 is 1.32 bits per heavy atom. The number of unbranched alkanes of at least 4 members (excludes halogenated alkanes) is 1. The van der Waals surface area contributed by atoms with Crippen LogP contribution in [0.1, 0.15) is 67.9 Å². The smallest absolute Gasteiger partial charge is 0.426 e. The number of rotatable bonds is 12. The van der Waals surface area contributed by atoms with Gasteiger partial charge in [-0.15, -0.1) is 0 Å². The molecule has 3 aromatic rings.